The van der Waals surface area contributed by atoms with E-state index in [1.807, 2.05) is 17.4 Å². The van der Waals surface area contributed by atoms with Gasteiger partial charge in [-0.3, -0.25) is 24.9 Å². The Morgan fingerprint density at radius 3 is 1.86 bits per heavy atom. The minimum absolute atomic E-state index is 0.320. The lowest BCUT2D eigenvalue weighted by Crippen LogP contribution is -2.63. The highest BCUT2D eigenvalue weighted by atomic mass is 19.4. The summed E-state index contributed by atoms with van der Waals surface area (Å²) in [6, 6.07) is 14.0. The fourth-order valence-corrected chi connectivity index (χ4v) is 9.48. The van der Waals surface area contributed by atoms with Crippen LogP contribution in [0.5, 0.6) is 0 Å². The Balaban J connectivity index is 1.14. The maximum absolute atomic E-state index is 14.5. The van der Waals surface area contributed by atoms with E-state index in [9.17, 15) is 60.1 Å². The molecule has 7 rings (SSSR count). The standard InChI is InChI=1S/C53H60F7N9O8/c1-50(2,52(55,56)57)44(65-49(75)76-5)46(71)63-41(22-32-9-6-31(7-10-32)8-11-33-14-21-43(62-23-33)67-26-37-18-19-38(27-67)69(37)39-29-77-30-39)42(70)28-68(66-47(72)45(64-48(73)74)51(3,4)53(58,59)60)25-34-12-15-35(16-13-34)40-20-17-36(54)24-61-40/h6-7,9-10,12-17,20-21,23-24,37-39,41-42,44-45,64,70H,18-19,22,25-30H2,1-5H3,(H,63,71)(H,65,75)(H,66,72)(H,73,74)/t37?,38?,41-,42-,44+,45+/m0/s1. The van der Waals surface area contributed by atoms with E-state index >= 15 is 0 Å². The van der Waals surface area contributed by atoms with Crippen molar-refractivity contribution in [2.75, 3.05) is 44.9 Å². The second kappa shape index (κ2) is 23.7. The van der Waals surface area contributed by atoms with E-state index < -0.39 is 90.3 Å². The number of hydrogen-bond acceptors (Lipinski definition) is 12. The largest absolute Gasteiger partial charge is 0.465 e. The lowest BCUT2D eigenvalue weighted by molar-refractivity contribution is -0.221. The molecule has 0 aliphatic carbocycles. The molecule has 77 heavy (non-hydrogen) atoms. The maximum atomic E-state index is 14.5. The molecule has 3 aliphatic rings. The number of benzene rings is 2. The van der Waals surface area contributed by atoms with Crippen LogP contribution in [0.1, 0.15) is 62.8 Å². The Morgan fingerprint density at radius 2 is 1.34 bits per heavy atom. The van der Waals surface area contributed by atoms with Crippen molar-refractivity contribution in [1.82, 2.24) is 41.3 Å². The van der Waals surface area contributed by atoms with Crippen molar-refractivity contribution in [2.24, 2.45) is 10.8 Å². The number of hydrazine groups is 1. The zero-order valence-corrected chi connectivity index (χ0v) is 42.7. The van der Waals surface area contributed by atoms with Crippen LogP contribution < -0.4 is 26.3 Å². The van der Waals surface area contributed by atoms with Crippen LogP contribution in [0.15, 0.2) is 85.2 Å². The van der Waals surface area contributed by atoms with Crippen molar-refractivity contribution in [3.05, 3.63) is 113 Å². The van der Waals surface area contributed by atoms with Crippen molar-refractivity contribution in [3.63, 3.8) is 0 Å². The van der Waals surface area contributed by atoms with Gasteiger partial charge in [0.25, 0.3) is 5.91 Å². The number of aliphatic hydroxyl groups excluding tert-OH is 1. The van der Waals surface area contributed by atoms with E-state index in [2.05, 4.69) is 42.1 Å². The lowest BCUT2D eigenvalue weighted by Gasteiger charge is -2.47. The molecule has 17 nitrogen and oxygen atoms in total. The first kappa shape index (κ1) is 57.6. The quantitative estimate of drug-likeness (QED) is 0.0374. The number of nitrogens with one attached hydrogen (secondary N) is 4. The summed E-state index contributed by atoms with van der Waals surface area (Å²) in [5.41, 5.74) is -0.885. The van der Waals surface area contributed by atoms with Gasteiger partial charge in [0.1, 0.15) is 23.7 Å². The number of aliphatic hydroxyl groups is 1. The fraction of sp³-hybridized carbons (Fsp3) is 0.472. The van der Waals surface area contributed by atoms with Crippen LogP contribution in [0.25, 0.3) is 11.3 Å². The second-order valence-corrected chi connectivity index (χ2v) is 20.5. The number of piperazine rings is 1. The number of rotatable bonds is 18. The third-order valence-corrected chi connectivity index (χ3v) is 14.4. The SMILES string of the molecule is COC(=O)N[C@H](C(=O)N[C@@H](Cc1ccc(C#Cc2ccc(N3CC4CCC(C3)N4C3COC3)nc2)cc1)[C@@H](O)CN(Cc1ccc(-c2ccc(F)cn2)cc1)NC(=O)[C@@H](NC(=O)O)C(C)(C)C(F)(F)F)C(C)(C)C(F)(F)F. The molecule has 3 fully saturated rings. The number of halogens is 7. The summed E-state index contributed by atoms with van der Waals surface area (Å²) in [4.78, 5) is 65.7. The molecule has 2 aromatic heterocycles. The fourth-order valence-electron chi connectivity index (χ4n) is 9.48. The topological polar surface area (TPSA) is 211 Å². The first-order valence-corrected chi connectivity index (χ1v) is 24.6. The Kier molecular flexibility index (Phi) is 17.7. The van der Waals surface area contributed by atoms with E-state index in [4.69, 9.17) is 9.72 Å². The molecule has 2 unspecified atom stereocenters. The number of carbonyl (C=O) groups excluding carboxylic acids is 3. The summed E-state index contributed by atoms with van der Waals surface area (Å²) in [6.07, 6.45) is -10.8. The summed E-state index contributed by atoms with van der Waals surface area (Å²) < 4.78 is 110. The Labute approximate surface area is 439 Å². The van der Waals surface area contributed by atoms with E-state index in [1.165, 1.54) is 24.3 Å². The van der Waals surface area contributed by atoms with E-state index in [-0.39, 0.29) is 6.42 Å². The third-order valence-electron chi connectivity index (χ3n) is 14.4. The summed E-state index contributed by atoms with van der Waals surface area (Å²) in [7, 11) is 0.874. The van der Waals surface area contributed by atoms with Crippen molar-refractivity contribution in [1.29, 1.82) is 0 Å². The second-order valence-electron chi connectivity index (χ2n) is 20.5. The van der Waals surface area contributed by atoms with Gasteiger partial charge in [0.2, 0.25) is 5.91 Å². The van der Waals surface area contributed by atoms with Gasteiger partial charge in [-0.15, -0.1) is 0 Å². The van der Waals surface area contributed by atoms with Gasteiger partial charge in [-0.05, 0) is 94.5 Å². The zero-order valence-electron chi connectivity index (χ0n) is 42.7. The minimum Gasteiger partial charge on any atom is -0.465 e. The summed E-state index contributed by atoms with van der Waals surface area (Å²) >= 11 is 0. The predicted molar refractivity (Wildman–Crippen MR) is 266 cm³/mol. The smallest absolute Gasteiger partial charge is 0.407 e. The molecule has 2 bridgehead atoms. The van der Waals surface area contributed by atoms with E-state index in [0.29, 0.717) is 79.3 Å². The van der Waals surface area contributed by atoms with Crippen LogP contribution in [0, 0.1) is 28.5 Å². The number of fused-ring (bicyclic) bond motifs is 2. The van der Waals surface area contributed by atoms with Crippen LogP contribution in [0.4, 0.5) is 46.1 Å². The molecule has 0 spiro atoms. The highest BCUT2D eigenvalue weighted by Gasteiger charge is 2.57. The molecule has 6 atom stereocenters. The number of aromatic nitrogens is 2. The molecule has 2 aromatic carbocycles. The number of hydrogen-bond donors (Lipinski definition) is 6. The van der Waals surface area contributed by atoms with Crippen LogP contribution >= 0.6 is 0 Å². The monoisotopic (exact) mass is 1080 g/mol. The summed E-state index contributed by atoms with van der Waals surface area (Å²) in [6.45, 7) is 4.66. The lowest BCUT2D eigenvalue weighted by atomic mass is 9.82. The molecule has 6 N–H and O–H groups in total. The van der Waals surface area contributed by atoms with Gasteiger partial charge in [-0.2, -0.15) is 26.3 Å². The Morgan fingerprint density at radius 1 is 0.753 bits per heavy atom. The average molecular weight is 1080 g/mol. The molecule has 3 saturated heterocycles. The predicted octanol–water partition coefficient (Wildman–Crippen LogP) is 6.19. The van der Waals surface area contributed by atoms with Crippen molar-refractivity contribution >= 4 is 29.8 Å². The normalized spacial score (nSPS) is 18.7. The van der Waals surface area contributed by atoms with Gasteiger partial charge in [0, 0.05) is 61.1 Å². The number of carbonyl (C=O) groups is 4. The number of amides is 4. The van der Waals surface area contributed by atoms with Crippen molar-refractivity contribution < 1.29 is 69.6 Å². The molecular formula is C53H60F7N9O8. The van der Waals surface area contributed by atoms with Gasteiger partial charge in [0.15, 0.2) is 0 Å². The third kappa shape index (κ3) is 13.9. The molecular weight excluding hydrogens is 1020 g/mol. The molecule has 3 aliphatic heterocycles. The number of ether oxygens (including phenoxy) is 2. The molecule has 0 saturated carbocycles. The molecule has 5 heterocycles. The number of pyridine rings is 2. The van der Waals surface area contributed by atoms with E-state index in [0.717, 1.165) is 63.3 Å². The average Bonchev–Trinajstić information content (AvgIpc) is 3.61. The van der Waals surface area contributed by atoms with Crippen LogP contribution in [0.2, 0.25) is 0 Å². The van der Waals surface area contributed by atoms with Gasteiger partial charge in [-0.1, -0.05) is 48.2 Å². The van der Waals surface area contributed by atoms with Crippen LogP contribution in [-0.2, 0) is 32.0 Å². The van der Waals surface area contributed by atoms with Crippen molar-refractivity contribution in [3.8, 4) is 23.1 Å². The molecule has 4 aromatic rings. The molecule has 24 heteroatoms. The number of alkyl halides is 6. The van der Waals surface area contributed by atoms with Gasteiger partial charge >= 0.3 is 24.5 Å². The highest BCUT2D eigenvalue weighted by Crippen LogP contribution is 2.42. The van der Waals surface area contributed by atoms with E-state index in [1.54, 1.807) is 47.9 Å². The molecule has 4 amide bonds. The summed E-state index contributed by atoms with van der Waals surface area (Å²) in [5, 5.41) is 28.5. The van der Waals surface area contributed by atoms with Crippen LogP contribution in [0.3, 0.4) is 0 Å². The number of nitrogens with zero attached hydrogens (tertiary/aromatic N) is 5. The first-order valence-electron chi connectivity index (χ1n) is 24.6. The Bertz CT molecular complexity index is 2760. The maximum Gasteiger partial charge on any atom is 0.407 e. The van der Waals surface area contributed by atoms with Gasteiger partial charge in [-0.25, -0.2) is 24.0 Å². The van der Waals surface area contributed by atoms with Gasteiger partial charge in [0.05, 0.1) is 61.2 Å². The number of alkyl carbamates (subject to hydrolysis) is 1. The van der Waals surface area contributed by atoms with Crippen LogP contribution in [-0.4, -0.2) is 149 Å². The highest BCUT2D eigenvalue weighted by molar-refractivity contribution is 5.87. The Hall–Kier alpha value is -7.07. The zero-order chi connectivity index (χ0) is 56.0. The molecule has 414 valence electrons. The first-order chi connectivity index (χ1) is 36.2. The van der Waals surface area contributed by atoms with Crippen molar-refractivity contribution in [2.45, 2.75) is 108 Å². The minimum atomic E-state index is -5.13. The number of carboxylic acid groups (broad SMARTS) is 1. The van der Waals surface area contributed by atoms with Gasteiger partial charge < -0.3 is 40.5 Å². The summed E-state index contributed by atoms with van der Waals surface area (Å²) in [5.74, 6) is 3.49. The number of methoxy groups -OCH3 is 1. The number of anilines is 1. The molecule has 0 radical (unpaired) electrons.